The largest absolute Gasteiger partial charge is 0.472 e. The molecule has 12 atom stereocenters. The minimum Gasteiger partial charge on any atom is -0.444 e. The Balaban J connectivity index is 0.757. The number of aromatic amines is 1. The molecule has 440 valence electrons. The number of phosphoric acid groups is 2. The number of carbonyl (C=O) groups is 6. The number of aliphatic hydroxyl groups is 2. The van der Waals surface area contributed by atoms with E-state index in [0.717, 1.165) is 33.0 Å². The van der Waals surface area contributed by atoms with Gasteiger partial charge in [0.25, 0.3) is 17.4 Å². The van der Waals surface area contributed by atoms with Crippen molar-refractivity contribution in [2.24, 2.45) is 11.8 Å². The predicted octanol–water partition coefficient (Wildman–Crippen LogP) is 0.985. The average molecular weight is 1190 g/mol. The molecule has 0 radical (unpaired) electrons. The Kier molecular flexibility index (Phi) is 17.9. The lowest BCUT2D eigenvalue weighted by Crippen LogP contribution is -2.45. The van der Waals surface area contributed by atoms with Gasteiger partial charge in [-0.1, -0.05) is 39.3 Å². The summed E-state index contributed by atoms with van der Waals surface area (Å²) in [4.78, 5) is 134. The fraction of sp³-hybridized carbons (Fsp3) is 0.489. The number of rotatable bonds is 18. The molecule has 4 unspecified atom stereocenters. The van der Waals surface area contributed by atoms with Crippen molar-refractivity contribution < 1.29 is 90.2 Å². The first-order valence-corrected chi connectivity index (χ1v) is 28.5. The number of nitrogen functional groups attached to an aromatic ring is 1. The number of nitrogens with zero attached hydrogens (tertiary/aromatic N) is 8. The fourth-order valence-electron chi connectivity index (χ4n) is 9.39. The molecule has 1 aromatic carbocycles. The van der Waals surface area contributed by atoms with Crippen LogP contribution < -0.4 is 27.2 Å². The van der Waals surface area contributed by atoms with Gasteiger partial charge < -0.3 is 50.6 Å². The van der Waals surface area contributed by atoms with Crippen LogP contribution in [0.25, 0.3) is 22.3 Å². The molecule has 8 heterocycles. The standard InChI is InChI=1S/C47H57N13O20P2/c1-22(2)32(54-29(62)7-5-4-6-14-58-30(63)12-13-31(58)64)26(61)15-23(3)42(67)53-25-10-8-24(9-11-25)16-74-47(69)55-39-33-40(50-19-49-39)59(20-51-33)44-35(65)37-27(77-44)17-75-82(72,73)80-38-28(18-76-81(70,71)79-37)78-45(36(38)66)60-21-52-34-41(60)56-46(48)57-43(34)68/h8-13,19-23,27-28,32,35-38,44-45,65-66H,4-7,14-18H2,1-3H3,(H,53,67)(H,54,62)(H,70,71)(H,72,73)(H3,48,56,57,68)(H,49,50,55,69)/t23-,27+,28+,32+,35-,36-,37?,38?,44+,45+/m0/s1. The topological polar surface area (TPSA) is 455 Å². The van der Waals surface area contributed by atoms with E-state index in [0.29, 0.717) is 30.5 Å². The van der Waals surface area contributed by atoms with Crippen LogP contribution in [-0.2, 0) is 72.0 Å². The van der Waals surface area contributed by atoms with Gasteiger partial charge >= 0.3 is 21.7 Å². The molecule has 35 heteroatoms. The van der Waals surface area contributed by atoms with Crippen LogP contribution in [-0.4, -0.2) is 162 Å². The monoisotopic (exact) mass is 1190 g/mol. The molecular formula is C47H57N13O20P2. The maximum absolute atomic E-state index is 13.5. The number of ketones is 1. The minimum atomic E-state index is -5.21. The van der Waals surface area contributed by atoms with Gasteiger partial charge in [-0.15, -0.1) is 0 Å². The molecule has 3 fully saturated rings. The number of imidazole rings is 2. The number of anilines is 3. The molecule has 82 heavy (non-hydrogen) atoms. The number of benzene rings is 1. The smallest absolute Gasteiger partial charge is 0.444 e. The Labute approximate surface area is 463 Å². The lowest BCUT2D eigenvalue weighted by molar-refractivity contribution is -0.137. The Bertz CT molecular complexity index is 3430. The third kappa shape index (κ3) is 13.5. The van der Waals surface area contributed by atoms with E-state index in [4.69, 9.17) is 38.0 Å². The molecular weight excluding hydrogens is 1130 g/mol. The van der Waals surface area contributed by atoms with Crippen LogP contribution in [0.3, 0.4) is 0 Å². The number of hydrogen-bond acceptors (Lipinski definition) is 24. The quantitative estimate of drug-likeness (QED) is 0.0335. The highest BCUT2D eigenvalue weighted by Crippen LogP contribution is 2.54. The summed E-state index contributed by atoms with van der Waals surface area (Å²) in [5, 5.41) is 30.9. The van der Waals surface area contributed by atoms with E-state index >= 15 is 0 Å². The van der Waals surface area contributed by atoms with Crippen molar-refractivity contribution in [3.8, 4) is 0 Å². The summed E-state index contributed by atoms with van der Waals surface area (Å²) in [7, 11) is -10.4. The number of aromatic nitrogens is 8. The van der Waals surface area contributed by atoms with Gasteiger partial charge in [0, 0.05) is 43.1 Å². The molecule has 5 aromatic rings. The molecule has 4 aliphatic rings. The third-order valence-corrected chi connectivity index (χ3v) is 15.5. The zero-order valence-corrected chi connectivity index (χ0v) is 45.6. The van der Waals surface area contributed by atoms with Crippen molar-refractivity contribution in [1.29, 1.82) is 0 Å². The number of carbonyl (C=O) groups excluding carboxylic acids is 6. The molecule has 5 amide bonds. The van der Waals surface area contributed by atoms with Crippen molar-refractivity contribution in [2.45, 2.75) is 115 Å². The number of nitrogens with two attached hydrogens (primary N) is 1. The third-order valence-electron chi connectivity index (χ3n) is 13.6. The van der Waals surface area contributed by atoms with Gasteiger partial charge in [-0.3, -0.25) is 71.2 Å². The summed E-state index contributed by atoms with van der Waals surface area (Å²) in [6, 6.07) is 5.48. The first-order valence-electron chi connectivity index (χ1n) is 25.5. The van der Waals surface area contributed by atoms with E-state index in [-0.39, 0.29) is 89.5 Å². The second-order valence-electron chi connectivity index (χ2n) is 19.8. The molecule has 0 saturated carbocycles. The summed E-state index contributed by atoms with van der Waals surface area (Å²) in [5.74, 6) is -3.30. The minimum absolute atomic E-state index is 0.0453. The van der Waals surface area contributed by atoms with Gasteiger partial charge in [-0.05, 0) is 36.5 Å². The zero-order chi connectivity index (χ0) is 58.8. The Morgan fingerprint density at radius 3 is 2.01 bits per heavy atom. The van der Waals surface area contributed by atoms with E-state index in [1.807, 2.05) is 0 Å². The Morgan fingerprint density at radius 2 is 1.40 bits per heavy atom. The van der Waals surface area contributed by atoms with Crippen LogP contribution in [0, 0.1) is 11.8 Å². The highest BCUT2D eigenvalue weighted by molar-refractivity contribution is 7.47. The van der Waals surface area contributed by atoms with Gasteiger partial charge in [0.05, 0.1) is 31.9 Å². The molecule has 0 aliphatic carbocycles. The second kappa shape index (κ2) is 24.7. The van der Waals surface area contributed by atoms with Crippen LogP contribution in [0.15, 0.2) is 60.2 Å². The van der Waals surface area contributed by atoms with E-state index in [2.05, 4.69) is 45.9 Å². The number of unbranched alkanes of at least 4 members (excludes halogenated alkanes) is 2. The molecule has 4 aromatic heterocycles. The Morgan fingerprint density at radius 1 is 0.805 bits per heavy atom. The SMILES string of the molecule is CC(C)[C@@H](NC(=O)CCCCCN1C(=O)C=CC1=O)C(=O)C[C@H](C)C(=O)Nc1ccc(COC(=O)Nc2ncnc3c2ncn3[C@@H]2O[C@@H]3COP(=O)(O)OC4[C@@H](COP(=O)(O)OC3[C@@H]2O)O[C@@H](n2cnc3c(=O)[nH]c(N)nc32)[C@H]4O)cc1. The maximum atomic E-state index is 13.5. The van der Waals surface area contributed by atoms with Gasteiger partial charge in [-0.2, -0.15) is 4.98 Å². The van der Waals surface area contributed by atoms with Gasteiger partial charge in [0.1, 0.15) is 49.6 Å². The molecule has 4 aliphatic heterocycles. The zero-order valence-electron chi connectivity index (χ0n) is 43.8. The number of phosphoric ester groups is 2. The average Bonchev–Trinajstić information content (AvgIpc) is 4.27. The fourth-order valence-corrected chi connectivity index (χ4v) is 11.3. The number of fused-ring (bicyclic) bond motifs is 4. The molecule has 10 N–H and O–H groups in total. The van der Waals surface area contributed by atoms with E-state index in [1.54, 1.807) is 45.0 Å². The second-order valence-corrected chi connectivity index (χ2v) is 22.6. The maximum Gasteiger partial charge on any atom is 0.472 e. The number of ether oxygens (including phenoxy) is 3. The lowest BCUT2D eigenvalue weighted by atomic mass is 9.92. The molecule has 0 bridgehead atoms. The van der Waals surface area contributed by atoms with Gasteiger partial charge in [-0.25, -0.2) is 33.9 Å². The van der Waals surface area contributed by atoms with Gasteiger partial charge in [0.2, 0.25) is 17.8 Å². The van der Waals surface area contributed by atoms with E-state index in [9.17, 15) is 62.7 Å². The number of H-pyrrole nitrogens is 1. The van der Waals surface area contributed by atoms with Crippen molar-refractivity contribution in [3.63, 3.8) is 0 Å². The van der Waals surface area contributed by atoms with E-state index < -0.39 is 107 Å². The highest BCUT2D eigenvalue weighted by atomic mass is 31.2. The predicted molar refractivity (Wildman–Crippen MR) is 278 cm³/mol. The number of amides is 5. The van der Waals surface area contributed by atoms with Crippen molar-refractivity contribution >= 4 is 90.9 Å². The van der Waals surface area contributed by atoms with Crippen molar-refractivity contribution in [2.75, 3.05) is 36.1 Å². The first-order chi connectivity index (χ1) is 39.0. The van der Waals surface area contributed by atoms with Crippen LogP contribution in [0.2, 0.25) is 0 Å². The normalized spacial score (nSPS) is 27.4. The molecule has 0 spiro atoms. The van der Waals surface area contributed by atoms with Crippen LogP contribution in [0.4, 0.5) is 22.2 Å². The summed E-state index contributed by atoms with van der Waals surface area (Å²) < 4.78 is 67.4. The Hall–Kier alpha value is -7.26. The first kappa shape index (κ1) is 59.4. The number of nitrogens with one attached hydrogen (secondary N) is 4. The summed E-state index contributed by atoms with van der Waals surface area (Å²) in [6.07, 6.45) is -7.28. The number of Topliss-reactive ketones (excluding diaryl/α,β-unsaturated/α-hetero) is 1. The number of aliphatic hydroxyl groups excluding tert-OH is 2. The highest BCUT2D eigenvalue weighted by Gasteiger charge is 2.54. The van der Waals surface area contributed by atoms with Gasteiger partial charge in [0.15, 0.2) is 46.4 Å². The lowest BCUT2D eigenvalue weighted by Gasteiger charge is -2.27. The summed E-state index contributed by atoms with van der Waals surface area (Å²) in [5.41, 5.74) is 5.42. The van der Waals surface area contributed by atoms with Crippen LogP contribution in [0.1, 0.15) is 70.9 Å². The van der Waals surface area contributed by atoms with Crippen molar-refractivity contribution in [1.82, 2.24) is 49.3 Å². The molecule has 9 rings (SSSR count). The summed E-state index contributed by atoms with van der Waals surface area (Å²) >= 11 is 0. The van der Waals surface area contributed by atoms with Crippen LogP contribution >= 0.6 is 15.6 Å². The van der Waals surface area contributed by atoms with E-state index in [1.165, 1.54) is 12.2 Å². The molecule has 33 nitrogen and oxygen atoms in total. The summed E-state index contributed by atoms with van der Waals surface area (Å²) in [6.45, 7) is 3.32. The number of imide groups is 1. The van der Waals surface area contributed by atoms with Crippen molar-refractivity contribution in [3.05, 3.63) is 71.3 Å². The van der Waals surface area contributed by atoms with Crippen LogP contribution in [0.5, 0.6) is 0 Å². The molecule has 3 saturated heterocycles. The number of hydrogen-bond donors (Lipinski definition) is 9.